The van der Waals surface area contributed by atoms with Crippen LogP contribution >= 0.6 is 15.9 Å². The van der Waals surface area contributed by atoms with Crippen molar-refractivity contribution in [2.45, 2.75) is 44.7 Å². The van der Waals surface area contributed by atoms with E-state index in [4.69, 9.17) is 0 Å². The van der Waals surface area contributed by atoms with E-state index in [1.54, 1.807) is 0 Å². The normalized spacial score (nSPS) is 16.1. The Morgan fingerprint density at radius 2 is 1.89 bits per heavy atom. The second-order valence-electron chi connectivity index (χ2n) is 5.19. The molecule has 1 N–H and O–H groups in total. The lowest BCUT2D eigenvalue weighted by Gasteiger charge is -2.31. The van der Waals surface area contributed by atoms with Gasteiger partial charge in [0, 0.05) is 24.1 Å². The van der Waals surface area contributed by atoms with Crippen molar-refractivity contribution in [2.24, 2.45) is 0 Å². The minimum Gasteiger partial charge on any atom is -0.334 e. The topological polar surface area (TPSA) is 32.3 Å². The zero-order valence-electron chi connectivity index (χ0n) is 11.4. The molecule has 1 saturated carbocycles. The van der Waals surface area contributed by atoms with Gasteiger partial charge in [0.25, 0.3) is 0 Å². The van der Waals surface area contributed by atoms with Crippen LogP contribution in [0.3, 0.4) is 0 Å². The minimum atomic E-state index is 0.0369. The molecule has 1 aromatic carbocycles. The third-order valence-corrected chi connectivity index (χ3v) is 4.33. The monoisotopic (exact) mass is 324 g/mol. The fourth-order valence-corrected chi connectivity index (χ4v) is 2.80. The fourth-order valence-electron chi connectivity index (χ4n) is 2.54. The van der Waals surface area contributed by atoms with E-state index in [9.17, 15) is 4.79 Å². The SMILES string of the molecule is CN(C(=O)NCc1ccc(Br)cc1)C1CCCCC1. The number of nitrogens with one attached hydrogen (secondary N) is 1. The number of rotatable bonds is 3. The average molecular weight is 325 g/mol. The fraction of sp³-hybridized carbons (Fsp3) is 0.533. The summed E-state index contributed by atoms with van der Waals surface area (Å²) in [5.41, 5.74) is 1.12. The maximum Gasteiger partial charge on any atom is 0.317 e. The smallest absolute Gasteiger partial charge is 0.317 e. The van der Waals surface area contributed by atoms with Crippen LogP contribution in [0, 0.1) is 0 Å². The molecule has 2 amide bonds. The van der Waals surface area contributed by atoms with Crippen LogP contribution in [0.25, 0.3) is 0 Å². The predicted octanol–water partition coefficient (Wildman–Crippen LogP) is 3.92. The van der Waals surface area contributed by atoms with Crippen molar-refractivity contribution in [3.63, 3.8) is 0 Å². The van der Waals surface area contributed by atoms with E-state index in [1.807, 2.05) is 36.2 Å². The molecule has 0 spiro atoms. The van der Waals surface area contributed by atoms with Crippen LogP contribution < -0.4 is 5.32 Å². The molecule has 104 valence electrons. The number of amides is 2. The first kappa shape index (κ1) is 14.4. The van der Waals surface area contributed by atoms with Gasteiger partial charge in [0.1, 0.15) is 0 Å². The summed E-state index contributed by atoms with van der Waals surface area (Å²) in [4.78, 5) is 14.0. The molecule has 4 heteroatoms. The highest BCUT2D eigenvalue weighted by molar-refractivity contribution is 9.10. The molecule has 0 heterocycles. The van der Waals surface area contributed by atoms with Gasteiger partial charge in [0.15, 0.2) is 0 Å². The van der Waals surface area contributed by atoms with Crippen LogP contribution in [-0.2, 0) is 6.54 Å². The molecule has 19 heavy (non-hydrogen) atoms. The van der Waals surface area contributed by atoms with E-state index >= 15 is 0 Å². The Labute approximate surface area is 123 Å². The van der Waals surface area contributed by atoms with Gasteiger partial charge in [-0.05, 0) is 30.5 Å². The third kappa shape index (κ3) is 4.23. The number of hydrogen-bond donors (Lipinski definition) is 1. The Morgan fingerprint density at radius 3 is 2.53 bits per heavy atom. The van der Waals surface area contributed by atoms with E-state index in [0.717, 1.165) is 22.9 Å². The largest absolute Gasteiger partial charge is 0.334 e. The number of urea groups is 1. The predicted molar refractivity (Wildman–Crippen MR) is 81.0 cm³/mol. The highest BCUT2D eigenvalue weighted by atomic mass is 79.9. The molecule has 0 radical (unpaired) electrons. The Morgan fingerprint density at radius 1 is 1.26 bits per heavy atom. The second kappa shape index (κ2) is 6.94. The van der Waals surface area contributed by atoms with Crippen LogP contribution in [-0.4, -0.2) is 24.0 Å². The van der Waals surface area contributed by atoms with Crippen LogP contribution in [0.2, 0.25) is 0 Å². The summed E-state index contributed by atoms with van der Waals surface area (Å²) in [6.45, 7) is 0.586. The molecule has 1 aliphatic rings. The number of carbonyl (C=O) groups excluding carboxylic acids is 1. The number of carbonyl (C=O) groups is 1. The van der Waals surface area contributed by atoms with Gasteiger partial charge < -0.3 is 10.2 Å². The lowest BCUT2D eigenvalue weighted by molar-refractivity contribution is 0.173. The zero-order valence-corrected chi connectivity index (χ0v) is 12.9. The molecule has 1 fully saturated rings. The first-order valence-electron chi connectivity index (χ1n) is 6.92. The lowest BCUT2D eigenvalue weighted by atomic mass is 9.95. The molecule has 0 atom stereocenters. The summed E-state index contributed by atoms with van der Waals surface area (Å²) >= 11 is 3.41. The summed E-state index contributed by atoms with van der Waals surface area (Å²) in [6, 6.07) is 8.47. The van der Waals surface area contributed by atoms with Gasteiger partial charge in [-0.2, -0.15) is 0 Å². The van der Waals surface area contributed by atoms with E-state index < -0.39 is 0 Å². The number of halogens is 1. The van der Waals surface area contributed by atoms with Crippen molar-refractivity contribution in [3.8, 4) is 0 Å². The molecule has 3 nitrogen and oxygen atoms in total. The highest BCUT2D eigenvalue weighted by Crippen LogP contribution is 2.21. The number of nitrogens with zero attached hydrogens (tertiary/aromatic N) is 1. The van der Waals surface area contributed by atoms with Gasteiger partial charge >= 0.3 is 6.03 Å². The van der Waals surface area contributed by atoms with E-state index in [1.165, 1.54) is 19.3 Å². The summed E-state index contributed by atoms with van der Waals surface area (Å²) < 4.78 is 1.06. The van der Waals surface area contributed by atoms with Crippen LogP contribution in [0.15, 0.2) is 28.7 Å². The van der Waals surface area contributed by atoms with Gasteiger partial charge in [-0.25, -0.2) is 4.79 Å². The molecule has 2 rings (SSSR count). The van der Waals surface area contributed by atoms with E-state index in [0.29, 0.717) is 12.6 Å². The number of hydrogen-bond acceptors (Lipinski definition) is 1. The summed E-state index contributed by atoms with van der Waals surface area (Å²) in [5, 5.41) is 2.99. The van der Waals surface area contributed by atoms with Crippen molar-refractivity contribution in [1.82, 2.24) is 10.2 Å². The second-order valence-corrected chi connectivity index (χ2v) is 6.10. The quantitative estimate of drug-likeness (QED) is 0.897. The molecule has 0 aromatic heterocycles. The van der Waals surface area contributed by atoms with Gasteiger partial charge in [-0.1, -0.05) is 47.3 Å². The van der Waals surface area contributed by atoms with Crippen molar-refractivity contribution < 1.29 is 4.79 Å². The lowest BCUT2D eigenvalue weighted by Crippen LogP contribution is -2.44. The van der Waals surface area contributed by atoms with Crippen LogP contribution in [0.5, 0.6) is 0 Å². The van der Waals surface area contributed by atoms with Gasteiger partial charge in [-0.15, -0.1) is 0 Å². The highest BCUT2D eigenvalue weighted by Gasteiger charge is 2.21. The summed E-state index contributed by atoms with van der Waals surface area (Å²) in [5.74, 6) is 0. The number of benzene rings is 1. The molecule has 0 aliphatic heterocycles. The van der Waals surface area contributed by atoms with Gasteiger partial charge in [0.05, 0.1) is 0 Å². The van der Waals surface area contributed by atoms with Crippen molar-refractivity contribution in [2.75, 3.05) is 7.05 Å². The molecule has 1 aromatic rings. The Hall–Kier alpha value is -1.03. The Balaban J connectivity index is 1.81. The average Bonchev–Trinajstić information content (AvgIpc) is 2.46. The van der Waals surface area contributed by atoms with Crippen molar-refractivity contribution in [1.29, 1.82) is 0 Å². The van der Waals surface area contributed by atoms with Crippen molar-refractivity contribution >= 4 is 22.0 Å². The molecule has 0 bridgehead atoms. The van der Waals surface area contributed by atoms with Gasteiger partial charge in [-0.3, -0.25) is 0 Å². The maximum absolute atomic E-state index is 12.1. The molecule has 0 saturated heterocycles. The molecular formula is C15H21BrN2O. The van der Waals surface area contributed by atoms with Crippen LogP contribution in [0.4, 0.5) is 4.79 Å². The Kier molecular flexibility index (Phi) is 5.25. The third-order valence-electron chi connectivity index (χ3n) is 3.80. The van der Waals surface area contributed by atoms with Crippen LogP contribution in [0.1, 0.15) is 37.7 Å². The molecule has 1 aliphatic carbocycles. The standard InChI is InChI=1S/C15H21BrN2O/c1-18(14-5-3-2-4-6-14)15(19)17-11-12-7-9-13(16)10-8-12/h7-10,14H,2-6,11H2,1H3,(H,17,19). The van der Waals surface area contributed by atoms with E-state index in [2.05, 4.69) is 21.2 Å². The Bertz CT molecular complexity index is 413. The molecule has 0 unspecified atom stereocenters. The van der Waals surface area contributed by atoms with E-state index in [-0.39, 0.29) is 6.03 Å². The minimum absolute atomic E-state index is 0.0369. The zero-order chi connectivity index (χ0) is 13.7. The summed E-state index contributed by atoms with van der Waals surface area (Å²) in [7, 11) is 1.91. The van der Waals surface area contributed by atoms with Gasteiger partial charge in [0.2, 0.25) is 0 Å². The first-order chi connectivity index (χ1) is 9.16. The maximum atomic E-state index is 12.1. The first-order valence-corrected chi connectivity index (χ1v) is 7.71. The summed E-state index contributed by atoms with van der Waals surface area (Å²) in [6.07, 6.45) is 6.08. The van der Waals surface area contributed by atoms with Crippen molar-refractivity contribution in [3.05, 3.63) is 34.3 Å². The molecular weight excluding hydrogens is 304 g/mol.